The molecule has 14 atom stereocenters. The molecule has 59 heavy (non-hydrogen) atoms. The van der Waals surface area contributed by atoms with Crippen LogP contribution >= 0.6 is 0 Å². The van der Waals surface area contributed by atoms with Gasteiger partial charge in [-0.3, -0.25) is 9.59 Å². The van der Waals surface area contributed by atoms with Crippen molar-refractivity contribution >= 4 is 23.6 Å². The number of aliphatic hydroxyl groups excluding tert-OH is 1. The fraction of sp³-hybridized carbons (Fsp3) is 0.714. The first kappa shape index (κ1) is 44.5. The van der Waals surface area contributed by atoms with Crippen LogP contribution in [0.2, 0.25) is 0 Å². The molecule has 6 heterocycles. The molecule has 2 aromatic heterocycles. The van der Waals surface area contributed by atoms with E-state index in [2.05, 4.69) is 20.6 Å². The predicted molar refractivity (Wildman–Crippen MR) is 213 cm³/mol. The van der Waals surface area contributed by atoms with Crippen LogP contribution in [0.15, 0.2) is 41.9 Å². The minimum absolute atomic E-state index is 0.0712. The molecule has 17 nitrogen and oxygen atoms in total. The number of fused-ring (bicyclic) bond motifs is 4. The van der Waals surface area contributed by atoms with Crippen LogP contribution in [0.4, 0.5) is 4.79 Å². The van der Waals surface area contributed by atoms with Gasteiger partial charge in [-0.15, -0.1) is 0 Å². The van der Waals surface area contributed by atoms with Crippen molar-refractivity contribution in [2.75, 3.05) is 27.3 Å². The Morgan fingerprint density at radius 1 is 1.08 bits per heavy atom. The van der Waals surface area contributed by atoms with Crippen LogP contribution in [-0.4, -0.2) is 136 Å². The lowest BCUT2D eigenvalue weighted by Crippen LogP contribution is -2.60. The molecular formula is C42H62N6O11. The maximum absolute atomic E-state index is 14.5. The summed E-state index contributed by atoms with van der Waals surface area (Å²) >= 11 is 0. The number of pyridine rings is 1. The lowest BCUT2D eigenvalue weighted by Gasteiger charge is -2.48. The average molecular weight is 827 g/mol. The van der Waals surface area contributed by atoms with E-state index in [0.29, 0.717) is 24.4 Å². The highest BCUT2D eigenvalue weighted by molar-refractivity contribution is 5.87. The van der Waals surface area contributed by atoms with Crippen molar-refractivity contribution in [2.45, 2.75) is 141 Å². The second-order valence-electron chi connectivity index (χ2n) is 17.4. The lowest BCUT2D eigenvalue weighted by atomic mass is 9.73. The Balaban J connectivity index is 1.38. The number of likely N-dealkylation sites (N-methyl/N-ethyl adjacent to an activating group) is 1. The first-order valence-electron chi connectivity index (χ1n) is 20.7. The SMILES string of the molecule is CC[C@H]1OC(=O)[C@H](C)[C@H]2OC/C(=N/OCc3ccc(-n4cccn4)nc3)CO[C@](C)(C[C@@H](C)C(=O)[C@H](C)[C@H]3NC(=O)O[C@@]31C)[C@H](O[C@@H]1O[C@H](C)C[C@H](N(C)C)[C@H]1O)[C@H]2C. The van der Waals surface area contributed by atoms with Crippen LogP contribution in [0.3, 0.4) is 0 Å². The van der Waals surface area contributed by atoms with Crippen LogP contribution in [-0.2, 0) is 49.5 Å². The summed E-state index contributed by atoms with van der Waals surface area (Å²) in [4.78, 5) is 53.9. The maximum atomic E-state index is 14.5. The van der Waals surface area contributed by atoms with Crippen LogP contribution in [0, 0.1) is 23.7 Å². The van der Waals surface area contributed by atoms with Gasteiger partial charge in [-0.25, -0.2) is 14.5 Å². The quantitative estimate of drug-likeness (QED) is 0.288. The average Bonchev–Trinajstić information content (AvgIpc) is 3.86. The maximum Gasteiger partial charge on any atom is 0.408 e. The Bertz CT molecular complexity index is 1790. The molecule has 4 aliphatic heterocycles. The Kier molecular flexibility index (Phi) is 13.8. The van der Waals surface area contributed by atoms with Crippen molar-refractivity contribution in [1.29, 1.82) is 0 Å². The number of aliphatic hydroxyl groups is 1. The van der Waals surface area contributed by atoms with Crippen LogP contribution in [0.5, 0.6) is 0 Å². The third-order valence-corrected chi connectivity index (χ3v) is 12.6. The van der Waals surface area contributed by atoms with Gasteiger partial charge < -0.3 is 48.6 Å². The van der Waals surface area contributed by atoms with Gasteiger partial charge in [0, 0.05) is 47.9 Å². The number of cyclic esters (lactones) is 1. The minimum atomic E-state index is -1.33. The number of carbonyl (C=O) groups excluding carboxylic acids is 3. The first-order valence-corrected chi connectivity index (χ1v) is 20.7. The predicted octanol–water partition coefficient (Wildman–Crippen LogP) is 3.83. The number of aromatic nitrogens is 3. The summed E-state index contributed by atoms with van der Waals surface area (Å²) < 4.78 is 40.4. The second kappa shape index (κ2) is 18.3. The van der Waals surface area contributed by atoms with Gasteiger partial charge in [0.05, 0.1) is 49.1 Å². The molecule has 0 saturated carbocycles. The van der Waals surface area contributed by atoms with Gasteiger partial charge in [0.25, 0.3) is 0 Å². The highest BCUT2D eigenvalue weighted by atomic mass is 16.7. The summed E-state index contributed by atoms with van der Waals surface area (Å²) in [6.07, 6.45) is 0.543. The number of hydrogen-bond acceptors (Lipinski definition) is 15. The van der Waals surface area contributed by atoms with Gasteiger partial charge in [0.15, 0.2) is 17.7 Å². The highest BCUT2D eigenvalue weighted by Gasteiger charge is 2.57. The van der Waals surface area contributed by atoms with Gasteiger partial charge in [0.1, 0.15) is 30.3 Å². The largest absolute Gasteiger partial charge is 0.458 e. The number of oxime groups is 1. The van der Waals surface area contributed by atoms with Gasteiger partial charge >= 0.3 is 12.1 Å². The second-order valence-corrected chi connectivity index (χ2v) is 17.4. The third kappa shape index (κ3) is 9.50. The van der Waals surface area contributed by atoms with Crippen molar-refractivity contribution in [3.63, 3.8) is 0 Å². The summed E-state index contributed by atoms with van der Waals surface area (Å²) in [6.45, 7) is 14.5. The highest BCUT2D eigenvalue weighted by Crippen LogP contribution is 2.42. The van der Waals surface area contributed by atoms with E-state index in [0.717, 1.165) is 5.56 Å². The van der Waals surface area contributed by atoms with Crippen molar-refractivity contribution in [1.82, 2.24) is 25.0 Å². The van der Waals surface area contributed by atoms with Gasteiger partial charge in [-0.1, -0.05) is 38.9 Å². The number of ketones is 1. The number of alkyl carbamates (subject to hydrolysis) is 1. The normalized spacial score (nSPS) is 39.3. The Labute approximate surface area is 346 Å². The van der Waals surface area contributed by atoms with Gasteiger partial charge in [-0.05, 0) is 73.2 Å². The zero-order chi connectivity index (χ0) is 42.8. The fourth-order valence-electron chi connectivity index (χ4n) is 9.34. The molecule has 0 aliphatic carbocycles. The lowest BCUT2D eigenvalue weighted by molar-refractivity contribution is -0.302. The Hall–Kier alpha value is -4.00. The molecule has 0 aromatic carbocycles. The van der Waals surface area contributed by atoms with E-state index in [1.165, 1.54) is 0 Å². The summed E-state index contributed by atoms with van der Waals surface area (Å²) in [6, 6.07) is 4.46. The molecule has 2 aromatic rings. The number of nitrogens with one attached hydrogen (secondary N) is 1. The molecule has 0 radical (unpaired) electrons. The number of rotatable bonds is 8. The summed E-state index contributed by atoms with van der Waals surface area (Å²) in [5.41, 5.74) is -1.43. The molecule has 0 spiro atoms. The summed E-state index contributed by atoms with van der Waals surface area (Å²) in [5, 5.41) is 23.2. The van der Waals surface area contributed by atoms with Crippen molar-refractivity contribution in [3.05, 3.63) is 42.4 Å². The minimum Gasteiger partial charge on any atom is -0.458 e. The van der Waals surface area contributed by atoms with Crippen LogP contribution < -0.4 is 5.32 Å². The molecule has 2 bridgehead atoms. The third-order valence-electron chi connectivity index (χ3n) is 12.6. The number of hydrogen-bond donors (Lipinski definition) is 2. The van der Waals surface area contributed by atoms with E-state index in [1.54, 1.807) is 44.0 Å². The summed E-state index contributed by atoms with van der Waals surface area (Å²) in [7, 11) is 3.80. The van der Waals surface area contributed by atoms with Crippen LogP contribution in [0.1, 0.15) is 80.2 Å². The van der Waals surface area contributed by atoms with Crippen molar-refractivity contribution in [3.8, 4) is 5.82 Å². The Morgan fingerprint density at radius 2 is 1.85 bits per heavy atom. The number of ether oxygens (including phenoxy) is 6. The molecule has 4 aliphatic rings. The fourth-order valence-corrected chi connectivity index (χ4v) is 9.34. The van der Waals surface area contributed by atoms with E-state index in [1.807, 2.05) is 71.8 Å². The first-order chi connectivity index (χ1) is 27.9. The smallest absolute Gasteiger partial charge is 0.408 e. The molecular weight excluding hydrogens is 764 g/mol. The molecule has 2 N–H and O–H groups in total. The molecule has 326 valence electrons. The van der Waals surface area contributed by atoms with E-state index in [-0.39, 0.29) is 44.2 Å². The summed E-state index contributed by atoms with van der Waals surface area (Å²) in [5.74, 6) is -2.93. The van der Waals surface area contributed by atoms with Crippen LogP contribution in [0.25, 0.3) is 5.82 Å². The standard InChI is InChI=1S/C42H62N6O11/c1-11-31-42(8)36(45-40(52)59-42)25(4)33(49)23(2)18-41(7)37(58-39-34(50)30(47(9)10)17-24(3)56-39)26(5)35(27(6)38(51)57-31)53-21-29(22-54-41)46-55-20-28-13-14-32(43-19-28)48-16-12-15-44-48/h12-16,19,23-27,30-31,34-37,39,50H,11,17-18,20-22H2,1-10H3,(H,45,52)/b46-29-/t23-,24-,25+,26+,27-,30+,31-,34-,35+,36-,37-,39+,41-,42-/m1/s1. The number of amides is 1. The van der Waals surface area contributed by atoms with Crippen molar-refractivity contribution < 1.29 is 52.7 Å². The monoisotopic (exact) mass is 826 g/mol. The van der Waals surface area contributed by atoms with E-state index < -0.39 is 83.7 Å². The van der Waals surface area contributed by atoms with Gasteiger partial charge in [0.2, 0.25) is 0 Å². The van der Waals surface area contributed by atoms with E-state index >= 15 is 0 Å². The number of carbonyl (C=O) groups is 3. The zero-order valence-corrected chi connectivity index (χ0v) is 35.9. The molecule has 1 amide bonds. The number of Topliss-reactive ketones (excluding diaryl/α,β-unsaturated/α-hetero) is 1. The van der Waals surface area contributed by atoms with Crippen molar-refractivity contribution in [2.24, 2.45) is 28.8 Å². The molecule has 0 unspecified atom stereocenters. The molecule has 6 rings (SSSR count). The van der Waals surface area contributed by atoms with Gasteiger partial charge in [-0.2, -0.15) is 5.10 Å². The van der Waals surface area contributed by atoms with E-state index in [4.69, 9.17) is 33.3 Å². The topological polar surface area (TPSA) is 194 Å². The molecule has 4 fully saturated rings. The number of nitrogens with zero attached hydrogens (tertiary/aromatic N) is 5. The van der Waals surface area contributed by atoms with E-state index in [9.17, 15) is 19.5 Å². The number of esters is 1. The Morgan fingerprint density at radius 3 is 2.51 bits per heavy atom. The molecule has 4 saturated heterocycles. The molecule has 17 heteroatoms. The zero-order valence-electron chi connectivity index (χ0n) is 35.9.